The van der Waals surface area contributed by atoms with Crippen LogP contribution in [0.25, 0.3) is 87.6 Å². The maximum absolute atomic E-state index is 12.5. The number of methoxy groups -OCH3 is 3. The number of nitrogens with two attached hydrogens (primary N) is 2. The number of terminal acetylenes is 1. The van der Waals surface area contributed by atoms with Crippen LogP contribution in [0.4, 0.5) is 15.4 Å². The molecular weight excluding hydrogens is 1820 g/mol. The summed E-state index contributed by atoms with van der Waals surface area (Å²) in [6, 6.07) is 65.0. The Balaban J connectivity index is 0.000000285. The molecule has 3 radical (unpaired) electrons. The summed E-state index contributed by atoms with van der Waals surface area (Å²) in [6.07, 6.45) is 31.5. The molecule has 0 fully saturated rings. The number of carbonyl (C=O) groups is 2. The van der Waals surface area contributed by atoms with E-state index in [0.717, 1.165) is 102 Å². The third-order valence-electron chi connectivity index (χ3n) is 19.6. The number of hydrogen-bond donors (Lipinski definition) is 4. The molecular formula is C102H117BBr3CuN12O7. The molecule has 126 heavy (non-hydrogen) atoms. The van der Waals surface area contributed by atoms with Crippen molar-refractivity contribution in [3.63, 3.8) is 0 Å². The first-order chi connectivity index (χ1) is 58.5. The van der Waals surface area contributed by atoms with Crippen LogP contribution >= 0.6 is 44.2 Å². The van der Waals surface area contributed by atoms with Gasteiger partial charge in [-0.15, -0.1) is 6.42 Å². The molecule has 2 amide bonds. The van der Waals surface area contributed by atoms with Crippen LogP contribution < -0.4 is 36.3 Å². The summed E-state index contributed by atoms with van der Waals surface area (Å²) in [5.74, 6) is 12.3. The molecule has 0 aliphatic carbocycles. The predicted molar refractivity (Wildman–Crippen MR) is 531 cm³/mol. The Morgan fingerprint density at radius 2 is 0.802 bits per heavy atom. The summed E-state index contributed by atoms with van der Waals surface area (Å²) in [7, 11) is 13.0. The summed E-state index contributed by atoms with van der Waals surface area (Å²) in [6.45, 7) is 10.9. The fourth-order valence-electron chi connectivity index (χ4n) is 13.2. The van der Waals surface area contributed by atoms with Crippen molar-refractivity contribution in [2.75, 3.05) is 27.1 Å². The summed E-state index contributed by atoms with van der Waals surface area (Å²) >= 11 is 10.9. The van der Waals surface area contributed by atoms with E-state index in [1.807, 2.05) is 186 Å². The Morgan fingerprint density at radius 3 is 1.16 bits per heavy atom. The molecule has 0 spiro atoms. The number of fused-ring (bicyclic) bond motifs is 4. The van der Waals surface area contributed by atoms with Crippen molar-refractivity contribution in [2.24, 2.45) is 33.9 Å². The number of carbonyl (C=O) groups excluding carboxylic acids is 2. The number of rotatable bonds is 18. The molecule has 0 aliphatic rings. The quantitative estimate of drug-likeness (QED) is 0.0464. The van der Waals surface area contributed by atoms with E-state index in [2.05, 4.69) is 236 Å². The van der Waals surface area contributed by atoms with Gasteiger partial charge in [-0.25, -0.2) is 9.59 Å². The van der Waals surface area contributed by atoms with Crippen LogP contribution in [0.3, 0.4) is 0 Å². The molecule has 7 aromatic carbocycles. The van der Waals surface area contributed by atoms with Crippen molar-refractivity contribution in [2.45, 2.75) is 125 Å². The van der Waals surface area contributed by atoms with E-state index in [-0.39, 0.29) is 38.2 Å². The van der Waals surface area contributed by atoms with Crippen molar-refractivity contribution in [1.82, 2.24) is 48.8 Å². The standard InChI is InChI=1S/C30H31N3O3.C25H27N3O.C16H21NO3.C14H11BrN2.C14H13N3.3CH4.B.2BrH.Cu.H2/c1-30(2,3)36-29(34)32-26(16-21-6-12-28(35-5)13-7-21)10-11-27-18-25(20-33(27)4)22-8-9-24-19-31-15-14-23(24)17-22;1-28-17-22(19-5-6-21-16-27-12-11-20(21)14-19)15-24(28)8-7-23(26)13-18-3-9-25(29-2)10-4-18;1-6-13(17-15(18)20-16(2,3)4)11-12-7-9-14(19-5)10-8-12;2*1-17-9-13(7-14(17)15)10-2-3-12-8-16-5-4-11(12)6-10;;;;;;;;/h6-9,12-15,17-20,26H,16H2,1-5H3,(H,32,34);3-6,9-12,14-17,23H,7-8,13,26H2,1-2H3;1,7-10,13H,11H2,2-5H3,(H,17,18);2-9H,1H3;2-9H,15H2,1H3;3*1H4;;2*1H;;1H/q;;;;;;;;;;;+2;/p-2/t26-;23-;13-;;;;;;;;;;/m111........../s1/i;;;;;;;;;;;;1+1. The number of amides is 2. The molecule has 0 aliphatic heterocycles. The number of alkyl carbamates (subject to hydrolysis) is 2. The SMILES string of the molecule is C.C.C.C#C[C@H](Cc1ccc(OC)cc1)NC(=O)OC(C)(C)C.COc1ccc(C[C@@H](C#Cc2cc(-c3ccc4cnccc4c3)cn2C)NC(=O)OC(C)(C)C)cc1.COc1ccc(C[C@H](N)CCc2cc(-c3ccc4cnccc4c3)cn2C)cc1.Cn1cc(-c2ccc3cnccc3c2)cc1Br.Cn1cc(-c2ccc3cnccc3c2)cc1N.[2HH].[B].[Br][Cu][Br]. The number of hydrogen-bond acceptors (Lipinski definition) is 13. The number of anilines is 1. The molecule has 0 unspecified atom stereocenters. The molecule has 19 nitrogen and oxygen atoms in total. The summed E-state index contributed by atoms with van der Waals surface area (Å²) in [4.78, 5) is 40.8. The van der Waals surface area contributed by atoms with Crippen molar-refractivity contribution < 1.29 is 46.0 Å². The normalized spacial score (nSPS) is 11.3. The molecule has 15 aromatic rings. The molecule has 662 valence electrons. The second-order valence-corrected chi connectivity index (χ2v) is 36.6. The zero-order chi connectivity index (χ0) is 87.5. The average molecular weight is 1940 g/mol. The van der Waals surface area contributed by atoms with E-state index in [1.165, 1.54) is 72.0 Å². The van der Waals surface area contributed by atoms with Crippen LogP contribution in [0.2, 0.25) is 0 Å². The Kier molecular flexibility index (Phi) is 40.6. The fraction of sp³-hybridized carbons (Fsp3) is 0.255. The zero-order valence-corrected chi connectivity index (χ0v) is 77.1. The third-order valence-corrected chi connectivity index (χ3v) is 20.4. The van der Waals surface area contributed by atoms with E-state index in [1.54, 1.807) is 48.3 Å². The van der Waals surface area contributed by atoms with Gasteiger partial charge in [-0.2, -0.15) is 0 Å². The van der Waals surface area contributed by atoms with Gasteiger partial charge in [-0.05, 0) is 258 Å². The predicted octanol–water partition coefficient (Wildman–Crippen LogP) is 23.5. The Bertz CT molecular complexity index is 5930. The monoisotopic (exact) mass is 1930 g/mol. The second kappa shape index (κ2) is 49.7. The molecule has 15 rings (SSSR count). The molecule has 3 atom stereocenters. The number of nitrogens with one attached hydrogen (secondary N) is 2. The van der Waals surface area contributed by atoms with Crippen LogP contribution in [0.5, 0.6) is 17.2 Å². The van der Waals surface area contributed by atoms with Gasteiger partial charge in [0.1, 0.15) is 34.3 Å². The van der Waals surface area contributed by atoms with E-state index in [4.69, 9.17) is 41.6 Å². The second-order valence-electron chi connectivity index (χ2n) is 31.1. The van der Waals surface area contributed by atoms with Crippen LogP contribution in [0.15, 0.2) is 273 Å². The van der Waals surface area contributed by atoms with E-state index in [9.17, 15) is 9.59 Å². The summed E-state index contributed by atoms with van der Waals surface area (Å²) in [5, 5.41) is 14.9. The molecule has 8 heterocycles. The first-order valence-electron chi connectivity index (χ1n) is 39.4. The molecule has 8 aromatic heterocycles. The number of aromatic nitrogens is 8. The first kappa shape index (κ1) is 103. The van der Waals surface area contributed by atoms with Gasteiger partial charge in [0, 0.05) is 175 Å². The number of ether oxygens (including phenoxy) is 5. The van der Waals surface area contributed by atoms with Crippen molar-refractivity contribution in [3.05, 3.63) is 301 Å². The molecule has 0 saturated heterocycles. The number of nitrogens with zero attached hydrogens (tertiary/aromatic N) is 8. The number of pyridine rings is 4. The Hall–Kier alpha value is -11.9. The zero-order valence-electron chi connectivity index (χ0n) is 71.4. The Morgan fingerprint density at radius 1 is 0.460 bits per heavy atom. The number of aryl methyl sites for hydroxylation is 5. The van der Waals surface area contributed by atoms with Gasteiger partial charge in [0.05, 0.1) is 43.7 Å². The average Bonchev–Trinajstić information content (AvgIpc) is 1.72. The molecule has 24 heteroatoms. The molecule has 0 bridgehead atoms. The summed E-state index contributed by atoms with van der Waals surface area (Å²) < 4.78 is 35.5. The first-order valence-corrected chi connectivity index (χ1v) is 44.8. The van der Waals surface area contributed by atoms with Crippen LogP contribution in [0.1, 0.15) is 99.7 Å². The van der Waals surface area contributed by atoms with Gasteiger partial charge in [-0.1, -0.05) is 119 Å². The van der Waals surface area contributed by atoms with Gasteiger partial charge < -0.3 is 64.1 Å². The van der Waals surface area contributed by atoms with E-state index >= 15 is 0 Å². The van der Waals surface area contributed by atoms with Crippen molar-refractivity contribution in [3.8, 4) is 85.9 Å². The number of halogens is 3. The van der Waals surface area contributed by atoms with Gasteiger partial charge in [-0.3, -0.25) is 19.9 Å². The number of nitrogen functional groups attached to an aromatic ring is 1. The minimum atomic E-state index is -0.592. The van der Waals surface area contributed by atoms with Crippen LogP contribution in [-0.2, 0) is 74.7 Å². The summed E-state index contributed by atoms with van der Waals surface area (Å²) in [5.41, 5.74) is 26.0. The third kappa shape index (κ3) is 31.4. The fourth-order valence-corrected chi connectivity index (χ4v) is 13.5. The van der Waals surface area contributed by atoms with E-state index in [0.29, 0.717) is 12.8 Å². The van der Waals surface area contributed by atoms with Crippen LogP contribution in [0, 0.1) is 24.2 Å². The van der Waals surface area contributed by atoms with Gasteiger partial charge >= 0.3 is 51.7 Å². The maximum atomic E-state index is 12.5. The Labute approximate surface area is 775 Å². The van der Waals surface area contributed by atoms with E-state index < -0.39 is 35.5 Å². The van der Waals surface area contributed by atoms with Crippen molar-refractivity contribution in [1.29, 1.82) is 0 Å². The minimum absolute atomic E-state index is 0. The van der Waals surface area contributed by atoms with Crippen molar-refractivity contribution >= 4 is 114 Å². The topological polar surface area (TPSA) is 228 Å². The number of benzene rings is 7. The molecule has 0 saturated carbocycles. The van der Waals surface area contributed by atoms with Gasteiger partial charge in [0.2, 0.25) is 0 Å². The van der Waals surface area contributed by atoms with Gasteiger partial charge in [0.25, 0.3) is 0 Å². The van der Waals surface area contributed by atoms with Crippen LogP contribution in [-0.4, -0.2) is 109 Å². The molecule has 6 N–H and O–H groups in total. The van der Waals surface area contributed by atoms with Gasteiger partial charge in [0.15, 0.2) is 0 Å².